The zero-order valence-corrected chi connectivity index (χ0v) is 11.1. The van der Waals surface area contributed by atoms with Crippen molar-refractivity contribution < 1.29 is 13.2 Å². The van der Waals surface area contributed by atoms with Crippen molar-refractivity contribution in [3.8, 4) is 0 Å². The van der Waals surface area contributed by atoms with Gasteiger partial charge in [0, 0.05) is 45.1 Å². The standard InChI is InChI=1S/C11H20N2O3S/c1-17(15,16)13-8-6-12(7-9-13)10-2-4-11(14)5-3-10/h10H,2-9H2,1H3. The molecule has 1 aliphatic carbocycles. The van der Waals surface area contributed by atoms with Gasteiger partial charge in [-0.25, -0.2) is 8.42 Å². The topological polar surface area (TPSA) is 57.7 Å². The van der Waals surface area contributed by atoms with Crippen molar-refractivity contribution in [1.82, 2.24) is 9.21 Å². The molecule has 1 saturated heterocycles. The summed E-state index contributed by atoms with van der Waals surface area (Å²) in [5, 5.41) is 0. The van der Waals surface area contributed by atoms with E-state index in [9.17, 15) is 13.2 Å². The Labute approximate surface area is 103 Å². The van der Waals surface area contributed by atoms with Crippen molar-refractivity contribution in [3.63, 3.8) is 0 Å². The van der Waals surface area contributed by atoms with Crippen LogP contribution in [-0.2, 0) is 14.8 Å². The lowest BCUT2D eigenvalue weighted by Gasteiger charge is -2.39. The van der Waals surface area contributed by atoms with E-state index >= 15 is 0 Å². The number of hydrogen-bond acceptors (Lipinski definition) is 4. The van der Waals surface area contributed by atoms with Crippen LogP contribution in [0.15, 0.2) is 0 Å². The maximum absolute atomic E-state index is 11.4. The Balaban J connectivity index is 1.85. The van der Waals surface area contributed by atoms with Gasteiger partial charge in [0.25, 0.3) is 0 Å². The van der Waals surface area contributed by atoms with E-state index in [4.69, 9.17) is 0 Å². The molecule has 0 amide bonds. The maximum Gasteiger partial charge on any atom is 0.211 e. The quantitative estimate of drug-likeness (QED) is 0.705. The Morgan fingerprint density at radius 1 is 1.06 bits per heavy atom. The molecule has 0 aromatic heterocycles. The lowest BCUT2D eigenvalue weighted by molar-refractivity contribution is -0.121. The van der Waals surface area contributed by atoms with Crippen LogP contribution in [0.1, 0.15) is 25.7 Å². The molecule has 2 fully saturated rings. The molecule has 0 spiro atoms. The third-order valence-corrected chi connectivity index (χ3v) is 5.07. The first-order chi connectivity index (χ1) is 7.97. The van der Waals surface area contributed by atoms with Crippen LogP contribution in [0.25, 0.3) is 0 Å². The number of ketones is 1. The zero-order chi connectivity index (χ0) is 12.5. The molecule has 0 unspecified atom stereocenters. The van der Waals surface area contributed by atoms with Gasteiger partial charge in [-0.15, -0.1) is 0 Å². The molecule has 0 aromatic carbocycles. The predicted molar refractivity (Wildman–Crippen MR) is 65.3 cm³/mol. The van der Waals surface area contributed by atoms with Gasteiger partial charge < -0.3 is 0 Å². The minimum absolute atomic E-state index is 0.371. The predicted octanol–water partition coefficient (Wildman–Crippen LogP) is 0.0753. The first-order valence-corrected chi connectivity index (χ1v) is 8.02. The highest BCUT2D eigenvalue weighted by Crippen LogP contribution is 2.22. The SMILES string of the molecule is CS(=O)(=O)N1CCN(C2CCC(=O)CC2)CC1. The molecule has 0 radical (unpaired) electrons. The van der Waals surface area contributed by atoms with Gasteiger partial charge in [-0.2, -0.15) is 4.31 Å². The molecule has 5 nitrogen and oxygen atoms in total. The number of carbonyl (C=O) groups excluding carboxylic acids is 1. The second-order valence-electron chi connectivity index (χ2n) is 4.97. The average Bonchev–Trinajstić information content (AvgIpc) is 2.29. The summed E-state index contributed by atoms with van der Waals surface area (Å²) in [7, 11) is -3.04. The highest BCUT2D eigenvalue weighted by atomic mass is 32.2. The number of carbonyl (C=O) groups is 1. The van der Waals surface area contributed by atoms with Crippen LogP contribution in [-0.4, -0.2) is 61.9 Å². The summed E-state index contributed by atoms with van der Waals surface area (Å²) in [4.78, 5) is 13.5. The van der Waals surface area contributed by atoms with Crippen LogP contribution in [0, 0.1) is 0 Å². The second-order valence-corrected chi connectivity index (χ2v) is 6.95. The van der Waals surface area contributed by atoms with Gasteiger partial charge in [-0.05, 0) is 12.8 Å². The smallest absolute Gasteiger partial charge is 0.211 e. The first kappa shape index (κ1) is 13.0. The van der Waals surface area contributed by atoms with Crippen LogP contribution < -0.4 is 0 Å². The van der Waals surface area contributed by atoms with E-state index in [1.165, 1.54) is 10.6 Å². The normalized spacial score (nSPS) is 26.3. The van der Waals surface area contributed by atoms with E-state index in [0.29, 0.717) is 37.8 Å². The third kappa shape index (κ3) is 3.26. The van der Waals surface area contributed by atoms with Crippen LogP contribution >= 0.6 is 0 Å². The Kier molecular flexibility index (Phi) is 3.85. The lowest BCUT2D eigenvalue weighted by atomic mass is 9.93. The van der Waals surface area contributed by atoms with Gasteiger partial charge in [0.05, 0.1) is 6.26 Å². The van der Waals surface area contributed by atoms with E-state index in [2.05, 4.69) is 4.90 Å². The van der Waals surface area contributed by atoms with Gasteiger partial charge >= 0.3 is 0 Å². The monoisotopic (exact) mass is 260 g/mol. The summed E-state index contributed by atoms with van der Waals surface area (Å²) in [6.07, 6.45) is 4.53. The molecular weight excluding hydrogens is 240 g/mol. The summed E-state index contributed by atoms with van der Waals surface area (Å²) in [6, 6.07) is 0.481. The van der Waals surface area contributed by atoms with E-state index in [-0.39, 0.29) is 0 Å². The van der Waals surface area contributed by atoms with E-state index in [1.807, 2.05) is 0 Å². The van der Waals surface area contributed by atoms with E-state index in [0.717, 1.165) is 25.9 Å². The molecule has 0 aromatic rings. The molecule has 0 N–H and O–H groups in total. The van der Waals surface area contributed by atoms with Crippen molar-refractivity contribution in [2.24, 2.45) is 0 Å². The van der Waals surface area contributed by atoms with Gasteiger partial charge in [-0.1, -0.05) is 0 Å². The summed E-state index contributed by atoms with van der Waals surface area (Å²) in [6.45, 7) is 2.77. The minimum atomic E-state index is -3.04. The number of rotatable bonds is 2. The van der Waals surface area contributed by atoms with Crippen molar-refractivity contribution in [1.29, 1.82) is 0 Å². The highest BCUT2D eigenvalue weighted by Gasteiger charge is 2.29. The van der Waals surface area contributed by atoms with Crippen molar-refractivity contribution in [3.05, 3.63) is 0 Å². The molecular formula is C11H20N2O3S. The lowest BCUT2D eigenvalue weighted by Crippen LogP contribution is -2.52. The van der Waals surface area contributed by atoms with Crippen LogP contribution in [0.3, 0.4) is 0 Å². The van der Waals surface area contributed by atoms with Gasteiger partial charge in [0.2, 0.25) is 10.0 Å². The molecule has 0 bridgehead atoms. The molecule has 17 heavy (non-hydrogen) atoms. The highest BCUT2D eigenvalue weighted by molar-refractivity contribution is 7.88. The Morgan fingerprint density at radius 2 is 1.59 bits per heavy atom. The van der Waals surface area contributed by atoms with E-state index in [1.54, 1.807) is 0 Å². The fraction of sp³-hybridized carbons (Fsp3) is 0.909. The number of hydrogen-bond donors (Lipinski definition) is 0. The second kappa shape index (κ2) is 5.04. The molecule has 0 atom stereocenters. The largest absolute Gasteiger partial charge is 0.300 e. The fourth-order valence-corrected chi connectivity index (χ4v) is 3.52. The molecule has 1 saturated carbocycles. The van der Waals surface area contributed by atoms with E-state index < -0.39 is 10.0 Å². The Hall–Kier alpha value is -0.460. The average molecular weight is 260 g/mol. The van der Waals surface area contributed by atoms with Crippen LogP contribution in [0.5, 0.6) is 0 Å². The number of Topliss-reactive ketones (excluding diaryl/α,β-unsaturated/α-hetero) is 1. The van der Waals surface area contributed by atoms with Gasteiger partial charge in [0.1, 0.15) is 5.78 Å². The molecule has 1 aliphatic heterocycles. The number of nitrogens with zero attached hydrogens (tertiary/aromatic N) is 2. The summed E-state index contributed by atoms with van der Waals surface area (Å²) in [5.74, 6) is 0.371. The molecule has 2 aliphatic rings. The fourth-order valence-electron chi connectivity index (χ4n) is 2.69. The summed E-state index contributed by atoms with van der Waals surface area (Å²) < 4.78 is 24.3. The molecule has 98 valence electrons. The summed E-state index contributed by atoms with van der Waals surface area (Å²) >= 11 is 0. The van der Waals surface area contributed by atoms with Crippen molar-refractivity contribution in [2.75, 3.05) is 32.4 Å². The summed E-state index contributed by atoms with van der Waals surface area (Å²) in [5.41, 5.74) is 0. The third-order valence-electron chi connectivity index (χ3n) is 3.77. The van der Waals surface area contributed by atoms with Crippen LogP contribution in [0.2, 0.25) is 0 Å². The number of sulfonamides is 1. The van der Waals surface area contributed by atoms with Crippen LogP contribution in [0.4, 0.5) is 0 Å². The van der Waals surface area contributed by atoms with Crippen molar-refractivity contribution in [2.45, 2.75) is 31.7 Å². The van der Waals surface area contributed by atoms with Gasteiger partial charge in [-0.3, -0.25) is 9.69 Å². The number of piperazine rings is 1. The molecule has 6 heteroatoms. The maximum atomic E-state index is 11.4. The first-order valence-electron chi connectivity index (χ1n) is 6.17. The zero-order valence-electron chi connectivity index (χ0n) is 10.3. The molecule has 2 rings (SSSR count). The van der Waals surface area contributed by atoms with Crippen molar-refractivity contribution >= 4 is 15.8 Å². The Bertz CT molecular complexity index is 376. The minimum Gasteiger partial charge on any atom is -0.300 e. The molecule has 1 heterocycles. The Morgan fingerprint density at radius 3 is 2.06 bits per heavy atom. The van der Waals surface area contributed by atoms with Gasteiger partial charge in [0.15, 0.2) is 0 Å².